The minimum absolute atomic E-state index is 0.150. The Morgan fingerprint density at radius 2 is 1.97 bits per heavy atom. The molecule has 0 bridgehead atoms. The van der Waals surface area contributed by atoms with E-state index in [1.807, 2.05) is 33.8 Å². The van der Waals surface area contributed by atoms with E-state index >= 15 is 0 Å². The van der Waals surface area contributed by atoms with Crippen LogP contribution in [0.1, 0.15) is 37.4 Å². The van der Waals surface area contributed by atoms with Gasteiger partial charge in [-0.25, -0.2) is 4.68 Å². The maximum Gasteiger partial charge on any atom is 0.226 e. The predicted molar refractivity (Wildman–Crippen MR) is 107 cm³/mol. The van der Waals surface area contributed by atoms with E-state index in [2.05, 4.69) is 27.2 Å². The van der Waals surface area contributed by atoms with Gasteiger partial charge in [-0.05, 0) is 57.5 Å². The molecule has 5 rings (SSSR count). The highest BCUT2D eigenvalue weighted by molar-refractivity contribution is 5.79. The Morgan fingerprint density at radius 3 is 2.72 bits per heavy atom. The van der Waals surface area contributed by atoms with Crippen LogP contribution in [0.5, 0.6) is 0 Å². The van der Waals surface area contributed by atoms with Crippen molar-refractivity contribution in [2.75, 3.05) is 33.2 Å². The van der Waals surface area contributed by atoms with E-state index < -0.39 is 0 Å². The van der Waals surface area contributed by atoms with Gasteiger partial charge in [-0.1, -0.05) is 0 Å². The maximum atomic E-state index is 12.9. The zero-order chi connectivity index (χ0) is 19.8. The van der Waals surface area contributed by atoms with Gasteiger partial charge < -0.3 is 9.80 Å². The molecule has 0 aromatic carbocycles. The molecule has 3 aromatic rings. The van der Waals surface area contributed by atoms with Crippen molar-refractivity contribution in [1.82, 2.24) is 39.4 Å². The Hall–Kier alpha value is -2.81. The number of hydrogen-bond donors (Lipinski definition) is 0. The summed E-state index contributed by atoms with van der Waals surface area (Å²) in [5.74, 6) is 2.33. The van der Waals surface area contributed by atoms with Gasteiger partial charge in [0.1, 0.15) is 0 Å². The van der Waals surface area contributed by atoms with Crippen LogP contribution in [0.3, 0.4) is 0 Å². The van der Waals surface area contributed by atoms with Crippen molar-refractivity contribution in [3.8, 4) is 5.82 Å². The zero-order valence-electron chi connectivity index (χ0n) is 16.7. The molecule has 0 saturated carbocycles. The van der Waals surface area contributed by atoms with Crippen LogP contribution in [0.25, 0.3) is 11.5 Å². The molecule has 2 aliphatic heterocycles. The predicted octanol–water partition coefficient (Wildman–Crippen LogP) is 1.36. The second kappa shape index (κ2) is 7.55. The van der Waals surface area contributed by atoms with Crippen molar-refractivity contribution in [1.29, 1.82) is 0 Å². The minimum Gasteiger partial charge on any atom is -0.342 e. The highest BCUT2D eigenvalue weighted by atomic mass is 16.2. The van der Waals surface area contributed by atoms with Crippen molar-refractivity contribution < 1.29 is 4.79 Å². The number of aromatic nitrogens is 6. The molecular weight excluding hydrogens is 368 g/mol. The van der Waals surface area contributed by atoms with Gasteiger partial charge in [0.25, 0.3) is 0 Å². The fourth-order valence-electron chi connectivity index (χ4n) is 4.56. The first-order chi connectivity index (χ1) is 14.2. The first kappa shape index (κ1) is 18.2. The summed E-state index contributed by atoms with van der Waals surface area (Å²) in [5, 5.41) is 17.7. The van der Waals surface area contributed by atoms with Gasteiger partial charge in [-0.15, -0.1) is 15.3 Å². The molecule has 3 aromatic heterocycles. The normalized spacial score (nSPS) is 21.7. The van der Waals surface area contributed by atoms with Gasteiger partial charge in [0, 0.05) is 37.9 Å². The van der Waals surface area contributed by atoms with Gasteiger partial charge in [0.2, 0.25) is 5.91 Å². The van der Waals surface area contributed by atoms with Gasteiger partial charge in [0.15, 0.2) is 17.3 Å². The van der Waals surface area contributed by atoms with Crippen LogP contribution in [0.4, 0.5) is 0 Å². The average molecular weight is 394 g/mol. The molecule has 152 valence electrons. The molecule has 5 heterocycles. The second-order valence-electron chi connectivity index (χ2n) is 8.17. The summed E-state index contributed by atoms with van der Waals surface area (Å²) < 4.78 is 3.56. The van der Waals surface area contributed by atoms with E-state index in [1.165, 1.54) is 0 Å². The molecule has 29 heavy (non-hydrogen) atoms. The number of hydrogen-bond acceptors (Lipinski definition) is 6. The zero-order valence-corrected chi connectivity index (χ0v) is 16.7. The fourth-order valence-corrected chi connectivity index (χ4v) is 4.56. The van der Waals surface area contributed by atoms with Crippen LogP contribution in [0.2, 0.25) is 0 Å². The summed E-state index contributed by atoms with van der Waals surface area (Å²) in [7, 11) is 2.10. The fraction of sp³-hybridized carbons (Fsp3) is 0.550. The Labute approximate surface area is 169 Å². The molecule has 0 N–H and O–H groups in total. The summed E-state index contributed by atoms with van der Waals surface area (Å²) in [4.78, 5) is 17.2. The van der Waals surface area contributed by atoms with Crippen LogP contribution in [0.15, 0.2) is 30.6 Å². The SMILES string of the molecule is CN1CCCC(C(=O)N2CCC(c3nnc4ccc(-n5cccn5)nn34)CC2)C1. The van der Waals surface area contributed by atoms with Crippen LogP contribution >= 0.6 is 0 Å². The lowest BCUT2D eigenvalue weighted by molar-refractivity contribution is -0.138. The number of amides is 1. The second-order valence-corrected chi connectivity index (χ2v) is 8.17. The van der Waals surface area contributed by atoms with Crippen LogP contribution in [0, 0.1) is 5.92 Å². The molecule has 1 atom stereocenters. The summed E-state index contributed by atoms with van der Waals surface area (Å²) in [5.41, 5.74) is 0.736. The highest BCUT2D eigenvalue weighted by Gasteiger charge is 2.32. The van der Waals surface area contributed by atoms with Gasteiger partial charge in [-0.3, -0.25) is 4.79 Å². The molecular formula is C20H26N8O. The van der Waals surface area contributed by atoms with E-state index in [0.29, 0.717) is 5.91 Å². The third-order valence-electron chi connectivity index (χ3n) is 6.16. The molecule has 0 aliphatic carbocycles. The first-order valence-electron chi connectivity index (χ1n) is 10.4. The van der Waals surface area contributed by atoms with Crippen molar-refractivity contribution in [2.24, 2.45) is 5.92 Å². The summed E-state index contributed by atoms with van der Waals surface area (Å²) >= 11 is 0. The summed E-state index contributed by atoms with van der Waals surface area (Å²) in [6, 6.07) is 5.68. The van der Waals surface area contributed by atoms with Gasteiger partial charge >= 0.3 is 0 Å². The van der Waals surface area contributed by atoms with Crippen LogP contribution in [-0.2, 0) is 4.79 Å². The number of piperidine rings is 2. The van der Waals surface area contributed by atoms with Gasteiger partial charge in [-0.2, -0.15) is 9.61 Å². The molecule has 1 unspecified atom stereocenters. The molecule has 0 spiro atoms. The van der Waals surface area contributed by atoms with Crippen LogP contribution in [-0.4, -0.2) is 78.5 Å². The molecule has 0 radical (unpaired) electrons. The number of rotatable bonds is 3. The third kappa shape index (κ3) is 3.50. The molecule has 2 fully saturated rings. The van der Waals surface area contributed by atoms with E-state index in [4.69, 9.17) is 5.10 Å². The monoisotopic (exact) mass is 394 g/mol. The lowest BCUT2D eigenvalue weighted by atomic mass is 9.92. The number of carbonyl (C=O) groups excluding carboxylic acids is 1. The first-order valence-corrected chi connectivity index (χ1v) is 10.4. The Morgan fingerprint density at radius 1 is 1.10 bits per heavy atom. The van der Waals surface area contributed by atoms with Crippen molar-refractivity contribution in [3.05, 3.63) is 36.4 Å². The number of nitrogens with zero attached hydrogens (tertiary/aromatic N) is 8. The molecule has 2 aliphatic rings. The molecule has 9 heteroatoms. The maximum absolute atomic E-state index is 12.9. The summed E-state index contributed by atoms with van der Waals surface area (Å²) in [6.07, 6.45) is 7.50. The standard InChI is InChI=1S/C20H26N8O/c1-25-10-2-4-16(14-25)20(29)26-12-7-15(8-13-26)19-23-22-17-5-6-18(24-28(17)19)27-11-3-9-21-27/h3,5-6,9,11,15-16H,2,4,7-8,10,12-14H2,1H3. The van der Waals surface area contributed by atoms with Crippen molar-refractivity contribution in [3.63, 3.8) is 0 Å². The number of likely N-dealkylation sites (tertiary alicyclic amines) is 2. The number of carbonyl (C=O) groups is 1. The smallest absolute Gasteiger partial charge is 0.226 e. The lowest BCUT2D eigenvalue weighted by Crippen LogP contribution is -2.46. The molecule has 1 amide bonds. The largest absolute Gasteiger partial charge is 0.342 e. The minimum atomic E-state index is 0.150. The van der Waals surface area contributed by atoms with Crippen molar-refractivity contribution in [2.45, 2.75) is 31.6 Å². The van der Waals surface area contributed by atoms with E-state index in [0.717, 1.165) is 69.2 Å². The quantitative estimate of drug-likeness (QED) is 0.667. The molecule has 2 saturated heterocycles. The summed E-state index contributed by atoms with van der Waals surface area (Å²) in [6.45, 7) is 3.53. The average Bonchev–Trinajstić information content (AvgIpc) is 3.43. The van der Waals surface area contributed by atoms with Crippen molar-refractivity contribution >= 4 is 11.6 Å². The topological polar surface area (TPSA) is 84.5 Å². The van der Waals surface area contributed by atoms with E-state index in [-0.39, 0.29) is 11.8 Å². The third-order valence-corrected chi connectivity index (χ3v) is 6.16. The lowest BCUT2D eigenvalue weighted by Gasteiger charge is -2.36. The Bertz CT molecular complexity index is 989. The Kier molecular flexibility index (Phi) is 4.75. The van der Waals surface area contributed by atoms with E-state index in [1.54, 1.807) is 10.9 Å². The Balaban J connectivity index is 1.30. The number of fused-ring (bicyclic) bond motifs is 1. The van der Waals surface area contributed by atoms with E-state index in [9.17, 15) is 4.79 Å². The van der Waals surface area contributed by atoms with Crippen LogP contribution < -0.4 is 0 Å². The highest BCUT2D eigenvalue weighted by Crippen LogP contribution is 2.28. The van der Waals surface area contributed by atoms with Gasteiger partial charge in [0.05, 0.1) is 5.92 Å². The molecule has 9 nitrogen and oxygen atoms in total.